The van der Waals surface area contributed by atoms with Crippen molar-refractivity contribution in [3.8, 4) is 11.5 Å². The quantitative estimate of drug-likeness (QED) is 0.369. The minimum Gasteiger partial charge on any atom is -0.508 e. The molecule has 0 radical (unpaired) electrons. The van der Waals surface area contributed by atoms with Gasteiger partial charge in [0, 0.05) is 30.4 Å². The lowest BCUT2D eigenvalue weighted by molar-refractivity contribution is 0.102. The first-order chi connectivity index (χ1) is 12.1. The fourth-order valence-corrected chi connectivity index (χ4v) is 3.07. The molecule has 2 aromatic heterocycles. The van der Waals surface area contributed by atoms with Gasteiger partial charge >= 0.3 is 0 Å². The van der Waals surface area contributed by atoms with Crippen LogP contribution in [0.15, 0.2) is 66.1 Å². The number of aromatic hydroxyl groups is 2. The summed E-state index contributed by atoms with van der Waals surface area (Å²) >= 11 is 1.43. The third-order valence-corrected chi connectivity index (χ3v) is 4.45. The van der Waals surface area contributed by atoms with Crippen molar-refractivity contribution >= 4 is 23.4 Å². The maximum atomic E-state index is 12.5. The molecule has 126 valence electrons. The summed E-state index contributed by atoms with van der Waals surface area (Å²) in [5.74, 6) is 0.0656. The minimum atomic E-state index is -0.411. The molecule has 3 N–H and O–H groups in total. The normalized spacial score (nSPS) is 10.4. The smallest absolute Gasteiger partial charge is 0.258 e. The number of phenols is 2. The van der Waals surface area contributed by atoms with E-state index in [1.54, 1.807) is 30.7 Å². The van der Waals surface area contributed by atoms with Gasteiger partial charge in [0.25, 0.3) is 5.91 Å². The van der Waals surface area contributed by atoms with E-state index in [9.17, 15) is 15.0 Å². The summed E-state index contributed by atoms with van der Waals surface area (Å²) in [5, 5.41) is 22.5. The molecular weight excluding hydrogens is 338 g/mol. The standard InChI is InChI=1S/C18H15N3O3S/c22-13-3-4-16(23)15(10-13)21-17(24)14-2-1-7-20-18(14)25-11-12-5-8-19-9-6-12/h1-10,22-23H,11H2,(H,21,24). The van der Waals surface area contributed by atoms with Crippen LogP contribution in [-0.4, -0.2) is 26.1 Å². The van der Waals surface area contributed by atoms with Gasteiger partial charge in [-0.3, -0.25) is 9.78 Å². The number of benzene rings is 1. The Labute approximate surface area is 148 Å². The topological polar surface area (TPSA) is 95.3 Å². The molecule has 7 heteroatoms. The van der Waals surface area contributed by atoms with Crippen molar-refractivity contribution in [2.75, 3.05) is 5.32 Å². The van der Waals surface area contributed by atoms with Crippen LogP contribution in [0, 0.1) is 0 Å². The summed E-state index contributed by atoms with van der Waals surface area (Å²) in [5.41, 5.74) is 1.60. The van der Waals surface area contributed by atoms with E-state index in [0.717, 1.165) is 5.56 Å². The molecule has 0 aliphatic heterocycles. The second kappa shape index (κ2) is 7.67. The zero-order valence-electron chi connectivity index (χ0n) is 13.1. The van der Waals surface area contributed by atoms with Gasteiger partial charge in [-0.25, -0.2) is 4.98 Å². The molecule has 2 heterocycles. The van der Waals surface area contributed by atoms with Crippen LogP contribution >= 0.6 is 11.8 Å². The van der Waals surface area contributed by atoms with Crippen molar-refractivity contribution in [3.05, 3.63) is 72.2 Å². The largest absolute Gasteiger partial charge is 0.508 e. The Morgan fingerprint density at radius 2 is 1.88 bits per heavy atom. The molecule has 0 spiro atoms. The van der Waals surface area contributed by atoms with Crippen LogP contribution in [0.1, 0.15) is 15.9 Å². The highest BCUT2D eigenvalue weighted by atomic mass is 32.2. The average molecular weight is 353 g/mol. The first kappa shape index (κ1) is 16.8. The number of aromatic nitrogens is 2. The molecule has 3 rings (SSSR count). The molecule has 0 atom stereocenters. The summed E-state index contributed by atoms with van der Waals surface area (Å²) in [7, 11) is 0. The number of nitrogens with one attached hydrogen (secondary N) is 1. The highest BCUT2D eigenvalue weighted by Crippen LogP contribution is 2.29. The molecule has 0 unspecified atom stereocenters. The van der Waals surface area contributed by atoms with Crippen LogP contribution in [-0.2, 0) is 5.75 Å². The van der Waals surface area contributed by atoms with Gasteiger partial charge in [0.2, 0.25) is 0 Å². The fraction of sp³-hybridized carbons (Fsp3) is 0.0556. The summed E-state index contributed by atoms with van der Waals surface area (Å²) in [6.45, 7) is 0. The lowest BCUT2D eigenvalue weighted by atomic mass is 10.2. The number of carbonyl (C=O) groups is 1. The summed E-state index contributed by atoms with van der Waals surface area (Å²) in [4.78, 5) is 20.8. The maximum Gasteiger partial charge on any atom is 0.258 e. The number of thioether (sulfide) groups is 1. The summed E-state index contributed by atoms with van der Waals surface area (Å²) < 4.78 is 0. The Kier molecular flexibility index (Phi) is 5.15. The van der Waals surface area contributed by atoms with Gasteiger partial charge in [-0.05, 0) is 42.0 Å². The zero-order valence-corrected chi connectivity index (χ0v) is 13.9. The molecule has 3 aromatic rings. The van der Waals surface area contributed by atoms with Crippen molar-refractivity contribution in [2.45, 2.75) is 10.8 Å². The molecular formula is C18H15N3O3S. The Balaban J connectivity index is 1.77. The Hall–Kier alpha value is -3.06. The number of carbonyl (C=O) groups excluding carboxylic acids is 1. The zero-order chi connectivity index (χ0) is 17.6. The number of pyridine rings is 2. The minimum absolute atomic E-state index is 0.0495. The predicted molar refractivity (Wildman–Crippen MR) is 95.8 cm³/mol. The van der Waals surface area contributed by atoms with Gasteiger partial charge < -0.3 is 15.5 Å². The molecule has 1 amide bonds. The van der Waals surface area contributed by atoms with Gasteiger partial charge in [0.05, 0.1) is 11.3 Å². The number of anilines is 1. The average Bonchev–Trinajstić information content (AvgIpc) is 2.64. The molecule has 25 heavy (non-hydrogen) atoms. The van der Waals surface area contributed by atoms with Crippen LogP contribution in [0.4, 0.5) is 5.69 Å². The van der Waals surface area contributed by atoms with Gasteiger partial charge in [-0.15, -0.1) is 11.8 Å². The van der Waals surface area contributed by atoms with E-state index in [1.807, 2.05) is 12.1 Å². The van der Waals surface area contributed by atoms with Crippen molar-refractivity contribution < 1.29 is 15.0 Å². The third-order valence-electron chi connectivity index (χ3n) is 3.37. The second-order valence-electron chi connectivity index (χ2n) is 5.16. The number of hydrogen-bond donors (Lipinski definition) is 3. The van der Waals surface area contributed by atoms with E-state index in [4.69, 9.17) is 0 Å². The number of hydrogen-bond acceptors (Lipinski definition) is 6. The van der Waals surface area contributed by atoms with E-state index < -0.39 is 5.91 Å². The van der Waals surface area contributed by atoms with E-state index >= 15 is 0 Å². The van der Waals surface area contributed by atoms with Crippen LogP contribution in [0.25, 0.3) is 0 Å². The van der Waals surface area contributed by atoms with E-state index in [-0.39, 0.29) is 17.2 Å². The highest BCUT2D eigenvalue weighted by molar-refractivity contribution is 7.98. The molecule has 6 nitrogen and oxygen atoms in total. The van der Waals surface area contributed by atoms with Gasteiger partial charge in [0.1, 0.15) is 16.5 Å². The summed E-state index contributed by atoms with van der Waals surface area (Å²) in [6.07, 6.45) is 5.05. The van der Waals surface area contributed by atoms with Gasteiger partial charge in [-0.2, -0.15) is 0 Å². The van der Waals surface area contributed by atoms with Crippen molar-refractivity contribution in [3.63, 3.8) is 0 Å². The first-order valence-corrected chi connectivity index (χ1v) is 8.42. The van der Waals surface area contributed by atoms with Crippen molar-refractivity contribution in [1.29, 1.82) is 0 Å². The van der Waals surface area contributed by atoms with E-state index in [0.29, 0.717) is 16.3 Å². The van der Waals surface area contributed by atoms with E-state index in [1.165, 1.54) is 30.0 Å². The van der Waals surface area contributed by atoms with Crippen LogP contribution in [0.3, 0.4) is 0 Å². The van der Waals surface area contributed by atoms with Gasteiger partial charge in [0.15, 0.2) is 0 Å². The maximum absolute atomic E-state index is 12.5. The fourth-order valence-electron chi connectivity index (χ4n) is 2.12. The molecule has 0 saturated heterocycles. The van der Waals surface area contributed by atoms with Crippen molar-refractivity contribution in [2.24, 2.45) is 0 Å². The Bertz CT molecular complexity index is 888. The molecule has 0 saturated carbocycles. The number of nitrogens with zero attached hydrogens (tertiary/aromatic N) is 2. The lowest BCUT2D eigenvalue weighted by Gasteiger charge is -2.10. The molecule has 0 bridgehead atoms. The molecule has 0 fully saturated rings. The monoisotopic (exact) mass is 353 g/mol. The van der Waals surface area contributed by atoms with Crippen LogP contribution in [0.2, 0.25) is 0 Å². The Morgan fingerprint density at radius 3 is 2.68 bits per heavy atom. The molecule has 1 aromatic carbocycles. The second-order valence-corrected chi connectivity index (χ2v) is 6.12. The number of rotatable bonds is 5. The van der Waals surface area contributed by atoms with E-state index in [2.05, 4.69) is 15.3 Å². The predicted octanol–water partition coefficient (Wildman–Crippen LogP) is 3.43. The molecule has 0 aliphatic rings. The van der Waals surface area contributed by atoms with Crippen LogP contribution < -0.4 is 5.32 Å². The summed E-state index contributed by atoms with van der Waals surface area (Å²) in [6, 6.07) is 11.1. The Morgan fingerprint density at radius 1 is 1.08 bits per heavy atom. The third kappa shape index (κ3) is 4.27. The SMILES string of the molecule is O=C(Nc1cc(O)ccc1O)c1cccnc1SCc1ccncc1. The number of phenolic OH excluding ortho intramolecular Hbond substituents is 2. The van der Waals surface area contributed by atoms with Gasteiger partial charge in [-0.1, -0.05) is 0 Å². The van der Waals surface area contributed by atoms with Crippen molar-refractivity contribution in [1.82, 2.24) is 9.97 Å². The van der Waals surface area contributed by atoms with Crippen LogP contribution in [0.5, 0.6) is 11.5 Å². The number of amides is 1. The molecule has 0 aliphatic carbocycles. The highest BCUT2D eigenvalue weighted by Gasteiger charge is 2.15. The first-order valence-electron chi connectivity index (χ1n) is 7.43. The lowest BCUT2D eigenvalue weighted by Crippen LogP contribution is -2.13.